The van der Waals surface area contributed by atoms with Gasteiger partial charge in [-0.05, 0) is 58.3 Å². The zero-order chi connectivity index (χ0) is 12.8. The van der Waals surface area contributed by atoms with Crippen molar-refractivity contribution in [3.05, 3.63) is 0 Å². The van der Waals surface area contributed by atoms with Crippen LogP contribution in [0.15, 0.2) is 0 Å². The fourth-order valence-corrected chi connectivity index (χ4v) is 2.97. The Labute approximate surface area is 107 Å². The number of rotatable bonds is 6. The van der Waals surface area contributed by atoms with Gasteiger partial charge in [0.2, 0.25) is 0 Å². The maximum absolute atomic E-state index is 5.89. The molecule has 2 atom stereocenters. The summed E-state index contributed by atoms with van der Waals surface area (Å²) in [4.78, 5) is 4.99. The molecule has 3 nitrogen and oxygen atoms in total. The van der Waals surface area contributed by atoms with E-state index in [1.54, 1.807) is 0 Å². The summed E-state index contributed by atoms with van der Waals surface area (Å²) in [6.45, 7) is 9.04. The van der Waals surface area contributed by atoms with Crippen LogP contribution in [0, 0.1) is 11.8 Å². The molecular weight excluding hydrogens is 210 g/mol. The Balaban J connectivity index is 2.37. The van der Waals surface area contributed by atoms with Gasteiger partial charge < -0.3 is 15.5 Å². The van der Waals surface area contributed by atoms with Crippen LogP contribution in [0.5, 0.6) is 0 Å². The predicted octanol–water partition coefficient (Wildman–Crippen LogP) is 1.63. The van der Waals surface area contributed by atoms with Crippen molar-refractivity contribution in [2.75, 3.05) is 40.3 Å². The molecule has 17 heavy (non-hydrogen) atoms. The predicted molar refractivity (Wildman–Crippen MR) is 75.1 cm³/mol. The normalized spacial score (nSPS) is 24.5. The molecule has 1 aliphatic heterocycles. The number of nitrogens with two attached hydrogens (primary N) is 1. The summed E-state index contributed by atoms with van der Waals surface area (Å²) in [5.74, 6) is 1.42. The first-order chi connectivity index (χ1) is 8.02. The van der Waals surface area contributed by atoms with Gasteiger partial charge in [0.25, 0.3) is 0 Å². The molecule has 0 aromatic heterocycles. The van der Waals surface area contributed by atoms with Gasteiger partial charge in [-0.25, -0.2) is 0 Å². The first-order valence-electron chi connectivity index (χ1n) is 7.11. The molecule has 0 aliphatic carbocycles. The summed E-state index contributed by atoms with van der Waals surface area (Å²) >= 11 is 0. The molecule has 102 valence electrons. The van der Waals surface area contributed by atoms with Gasteiger partial charge in [0.1, 0.15) is 0 Å². The SMILES string of the molecule is CC(C)CC(CN)CN(C)C1CCCN(C)C1. The van der Waals surface area contributed by atoms with E-state index in [9.17, 15) is 0 Å². The Bertz CT molecular complexity index is 206. The van der Waals surface area contributed by atoms with Crippen LogP contribution in [-0.4, -0.2) is 56.1 Å². The highest BCUT2D eigenvalue weighted by Crippen LogP contribution is 2.17. The van der Waals surface area contributed by atoms with Crippen molar-refractivity contribution in [1.82, 2.24) is 9.80 Å². The molecule has 1 saturated heterocycles. The maximum atomic E-state index is 5.89. The van der Waals surface area contributed by atoms with E-state index in [1.165, 1.54) is 32.4 Å². The van der Waals surface area contributed by atoms with Crippen LogP contribution in [0.1, 0.15) is 33.1 Å². The van der Waals surface area contributed by atoms with Crippen molar-refractivity contribution in [3.8, 4) is 0 Å². The lowest BCUT2D eigenvalue weighted by molar-refractivity contribution is 0.117. The summed E-state index contributed by atoms with van der Waals surface area (Å²) in [6.07, 6.45) is 3.94. The molecule has 2 unspecified atom stereocenters. The average molecular weight is 241 g/mol. The molecule has 1 fully saturated rings. The van der Waals surface area contributed by atoms with Crippen LogP contribution in [0.2, 0.25) is 0 Å². The fourth-order valence-electron chi connectivity index (χ4n) is 2.97. The molecule has 1 heterocycles. The van der Waals surface area contributed by atoms with E-state index >= 15 is 0 Å². The van der Waals surface area contributed by atoms with Crippen LogP contribution >= 0.6 is 0 Å². The third kappa shape index (κ3) is 5.36. The van der Waals surface area contributed by atoms with Gasteiger partial charge in [0.05, 0.1) is 0 Å². The lowest BCUT2D eigenvalue weighted by Gasteiger charge is -2.37. The molecule has 0 spiro atoms. The van der Waals surface area contributed by atoms with E-state index in [2.05, 4.69) is 37.7 Å². The smallest absolute Gasteiger partial charge is 0.0220 e. The zero-order valence-electron chi connectivity index (χ0n) is 12.2. The van der Waals surface area contributed by atoms with E-state index in [-0.39, 0.29) is 0 Å². The van der Waals surface area contributed by atoms with Crippen LogP contribution in [0.4, 0.5) is 0 Å². The van der Waals surface area contributed by atoms with Gasteiger partial charge in [0.15, 0.2) is 0 Å². The molecule has 1 aliphatic rings. The minimum absolute atomic E-state index is 0.659. The van der Waals surface area contributed by atoms with Gasteiger partial charge in [-0.2, -0.15) is 0 Å². The monoisotopic (exact) mass is 241 g/mol. The Morgan fingerprint density at radius 1 is 1.41 bits per heavy atom. The highest BCUT2D eigenvalue weighted by Gasteiger charge is 2.22. The summed E-state index contributed by atoms with van der Waals surface area (Å²) in [7, 11) is 4.50. The topological polar surface area (TPSA) is 32.5 Å². The quantitative estimate of drug-likeness (QED) is 0.767. The maximum Gasteiger partial charge on any atom is 0.0220 e. The summed E-state index contributed by atoms with van der Waals surface area (Å²) in [5.41, 5.74) is 5.89. The summed E-state index contributed by atoms with van der Waals surface area (Å²) in [5, 5.41) is 0. The van der Waals surface area contributed by atoms with E-state index < -0.39 is 0 Å². The lowest BCUT2D eigenvalue weighted by Crippen LogP contribution is -2.47. The van der Waals surface area contributed by atoms with Crippen molar-refractivity contribution in [1.29, 1.82) is 0 Å². The molecule has 0 amide bonds. The third-order valence-electron chi connectivity index (χ3n) is 3.91. The van der Waals surface area contributed by atoms with Crippen molar-refractivity contribution in [3.63, 3.8) is 0 Å². The lowest BCUT2D eigenvalue weighted by atomic mass is 9.95. The van der Waals surface area contributed by atoms with Crippen LogP contribution < -0.4 is 5.73 Å². The second-order valence-corrected chi connectivity index (χ2v) is 6.23. The Morgan fingerprint density at radius 2 is 2.12 bits per heavy atom. The molecule has 1 rings (SSSR count). The van der Waals surface area contributed by atoms with Gasteiger partial charge in [0, 0.05) is 19.1 Å². The van der Waals surface area contributed by atoms with Crippen molar-refractivity contribution < 1.29 is 0 Å². The van der Waals surface area contributed by atoms with Crippen LogP contribution in [0.3, 0.4) is 0 Å². The molecule has 0 bridgehead atoms. The fraction of sp³-hybridized carbons (Fsp3) is 1.00. The van der Waals surface area contributed by atoms with E-state index in [1.807, 2.05) is 0 Å². The van der Waals surface area contributed by atoms with Crippen molar-refractivity contribution in [2.24, 2.45) is 17.6 Å². The second kappa shape index (κ2) is 7.34. The average Bonchev–Trinajstić information content (AvgIpc) is 2.27. The number of piperidine rings is 1. The number of nitrogens with zero attached hydrogens (tertiary/aromatic N) is 2. The molecule has 0 saturated carbocycles. The van der Waals surface area contributed by atoms with Crippen LogP contribution in [-0.2, 0) is 0 Å². The minimum Gasteiger partial charge on any atom is -0.330 e. The number of hydrogen-bond donors (Lipinski definition) is 1. The Hall–Kier alpha value is -0.120. The van der Waals surface area contributed by atoms with E-state index in [4.69, 9.17) is 5.73 Å². The van der Waals surface area contributed by atoms with Gasteiger partial charge in [-0.3, -0.25) is 0 Å². The highest BCUT2D eigenvalue weighted by atomic mass is 15.2. The van der Waals surface area contributed by atoms with Gasteiger partial charge in [-0.15, -0.1) is 0 Å². The third-order valence-corrected chi connectivity index (χ3v) is 3.91. The number of likely N-dealkylation sites (N-methyl/N-ethyl adjacent to an activating group) is 2. The van der Waals surface area contributed by atoms with Crippen molar-refractivity contribution >= 4 is 0 Å². The standard InChI is InChI=1S/C14H31N3/c1-12(2)8-13(9-15)10-17(4)14-6-5-7-16(3)11-14/h12-14H,5-11,15H2,1-4H3. The van der Waals surface area contributed by atoms with Crippen LogP contribution in [0.25, 0.3) is 0 Å². The Morgan fingerprint density at radius 3 is 2.65 bits per heavy atom. The molecule has 0 aromatic rings. The van der Waals surface area contributed by atoms with E-state index in [0.717, 1.165) is 25.0 Å². The van der Waals surface area contributed by atoms with Crippen molar-refractivity contribution in [2.45, 2.75) is 39.2 Å². The first kappa shape index (κ1) is 14.9. The van der Waals surface area contributed by atoms with Gasteiger partial charge in [-0.1, -0.05) is 13.8 Å². The molecule has 0 radical (unpaired) electrons. The molecule has 2 N–H and O–H groups in total. The molecular formula is C14H31N3. The summed E-state index contributed by atoms with van der Waals surface area (Å²) in [6, 6.07) is 0.731. The van der Waals surface area contributed by atoms with E-state index in [0.29, 0.717) is 5.92 Å². The molecule has 3 heteroatoms. The Kier molecular flexibility index (Phi) is 6.45. The first-order valence-corrected chi connectivity index (χ1v) is 7.11. The largest absolute Gasteiger partial charge is 0.330 e. The number of likely N-dealkylation sites (tertiary alicyclic amines) is 1. The zero-order valence-corrected chi connectivity index (χ0v) is 12.2. The number of hydrogen-bond acceptors (Lipinski definition) is 3. The second-order valence-electron chi connectivity index (χ2n) is 6.23. The highest BCUT2D eigenvalue weighted by molar-refractivity contribution is 4.79. The van der Waals surface area contributed by atoms with Gasteiger partial charge >= 0.3 is 0 Å². The minimum atomic E-state index is 0.659. The molecule has 0 aromatic carbocycles. The summed E-state index contributed by atoms with van der Waals surface area (Å²) < 4.78 is 0.